The molecule has 4 fully saturated rings. The van der Waals surface area contributed by atoms with Gasteiger partial charge in [0.25, 0.3) is 0 Å². The maximum atomic E-state index is 6.00. The van der Waals surface area contributed by atoms with Crippen LogP contribution in [0.15, 0.2) is 170 Å². The maximum Gasteiger partial charge on any atom is 0.119 e. The molecule has 4 saturated heterocycles. The zero-order chi connectivity index (χ0) is 43.8. The van der Waals surface area contributed by atoms with Crippen molar-refractivity contribution in [2.45, 2.75) is 24.4 Å². The van der Waals surface area contributed by atoms with E-state index < -0.39 is 0 Å². The Bertz CT molecular complexity index is 2620. The lowest BCUT2D eigenvalue weighted by Gasteiger charge is -2.17. The van der Waals surface area contributed by atoms with Crippen LogP contribution in [0.3, 0.4) is 0 Å². The van der Waals surface area contributed by atoms with Gasteiger partial charge in [-0.1, -0.05) is 84.9 Å². The standard InChI is InChI=1S/C58H48O8/c1-2-4-58-56(46-27-43(39-9-17-49(18-10-39)61-31-53-35-65-53)24-44(28-46)40-11-19-50(20-12-40)62-32-54-36-66-54)22-21-55(57(58)3-1)45-25-41(37-5-13-47(14-6-37)59-29-51-33-63-51)23-42(26-45)38-7-15-48(16-8-38)60-30-52-34-64-52/h1-28,51-54H,29-36H2. The molecule has 4 atom stereocenters. The molecule has 12 rings (SSSR count). The highest BCUT2D eigenvalue weighted by atomic mass is 16.6. The van der Waals surface area contributed by atoms with Gasteiger partial charge < -0.3 is 37.9 Å². The zero-order valence-corrected chi connectivity index (χ0v) is 36.4. The molecule has 0 radical (unpaired) electrons. The Morgan fingerprint density at radius 3 is 0.773 bits per heavy atom. The van der Waals surface area contributed by atoms with Crippen molar-refractivity contribution in [1.29, 1.82) is 0 Å². The molecule has 8 heteroatoms. The van der Waals surface area contributed by atoms with Gasteiger partial charge in [0, 0.05) is 0 Å². The van der Waals surface area contributed by atoms with Crippen LogP contribution in [0.25, 0.3) is 77.5 Å². The summed E-state index contributed by atoms with van der Waals surface area (Å²) in [5, 5.41) is 2.34. The van der Waals surface area contributed by atoms with Gasteiger partial charge in [-0.15, -0.1) is 0 Å². The van der Waals surface area contributed by atoms with Crippen LogP contribution >= 0.6 is 0 Å². The number of epoxide rings is 4. The molecule has 4 unspecified atom stereocenters. The summed E-state index contributed by atoms with van der Waals surface area (Å²) in [5.41, 5.74) is 13.5. The average molecular weight is 873 g/mol. The highest BCUT2D eigenvalue weighted by Gasteiger charge is 2.25. The first-order valence-electron chi connectivity index (χ1n) is 22.8. The molecule has 0 spiro atoms. The Morgan fingerprint density at radius 1 is 0.288 bits per heavy atom. The summed E-state index contributed by atoms with van der Waals surface area (Å²) in [5.74, 6) is 3.34. The molecule has 0 aromatic heterocycles. The molecule has 8 nitrogen and oxygen atoms in total. The second-order valence-corrected chi connectivity index (χ2v) is 17.5. The van der Waals surface area contributed by atoms with Crippen LogP contribution in [0.4, 0.5) is 0 Å². The van der Waals surface area contributed by atoms with E-state index in [4.69, 9.17) is 37.9 Å². The smallest absolute Gasteiger partial charge is 0.119 e. The minimum atomic E-state index is 0.200. The van der Waals surface area contributed by atoms with E-state index >= 15 is 0 Å². The predicted octanol–water partition coefficient (Wildman–Crippen LogP) is 12.0. The van der Waals surface area contributed by atoms with Crippen molar-refractivity contribution in [2.24, 2.45) is 0 Å². The van der Waals surface area contributed by atoms with Gasteiger partial charge in [-0.05, 0) is 162 Å². The lowest BCUT2D eigenvalue weighted by molar-refractivity contribution is 0.263. The quantitative estimate of drug-likeness (QED) is 0.0788. The molecule has 8 aromatic carbocycles. The van der Waals surface area contributed by atoms with E-state index in [9.17, 15) is 0 Å². The molecule has 0 N–H and O–H groups in total. The zero-order valence-electron chi connectivity index (χ0n) is 36.4. The second-order valence-electron chi connectivity index (χ2n) is 17.5. The van der Waals surface area contributed by atoms with Gasteiger partial charge in [0.05, 0.1) is 26.4 Å². The van der Waals surface area contributed by atoms with Crippen LogP contribution in [0.5, 0.6) is 23.0 Å². The minimum absolute atomic E-state index is 0.200. The van der Waals surface area contributed by atoms with Crippen LogP contribution in [0.2, 0.25) is 0 Å². The molecule has 0 bridgehead atoms. The number of rotatable bonds is 18. The van der Waals surface area contributed by atoms with Crippen molar-refractivity contribution < 1.29 is 37.9 Å². The Morgan fingerprint density at radius 2 is 0.530 bits per heavy atom. The monoisotopic (exact) mass is 872 g/mol. The SMILES string of the molecule is c1ccc2c(-c3cc(-c4ccc(OCC5CO5)cc4)cc(-c4ccc(OCC5CO5)cc4)c3)ccc(-c3cc(-c4ccc(OCC5CO5)cc4)cc(-c4ccc(OCC5CO5)cc4)c3)c2c1. The van der Waals surface area contributed by atoms with Gasteiger partial charge >= 0.3 is 0 Å². The van der Waals surface area contributed by atoms with Crippen LogP contribution in [0.1, 0.15) is 0 Å². The number of hydrogen-bond acceptors (Lipinski definition) is 8. The van der Waals surface area contributed by atoms with Crippen LogP contribution < -0.4 is 18.9 Å². The molecule has 0 aliphatic carbocycles. The molecule has 8 aromatic rings. The van der Waals surface area contributed by atoms with Gasteiger partial charge in [0.1, 0.15) is 73.8 Å². The lowest BCUT2D eigenvalue weighted by atomic mass is 9.87. The Balaban J connectivity index is 0.927. The third kappa shape index (κ3) is 9.55. The fourth-order valence-corrected chi connectivity index (χ4v) is 8.42. The molecule has 328 valence electrons. The summed E-state index contributed by atoms with van der Waals surface area (Å²) >= 11 is 0. The van der Waals surface area contributed by atoms with Crippen molar-refractivity contribution in [1.82, 2.24) is 0 Å². The van der Waals surface area contributed by atoms with E-state index in [2.05, 4.69) is 121 Å². The fraction of sp³-hybridized carbons (Fsp3) is 0.207. The van der Waals surface area contributed by atoms with Crippen molar-refractivity contribution in [2.75, 3.05) is 52.9 Å². The van der Waals surface area contributed by atoms with E-state index in [1.54, 1.807) is 0 Å². The first kappa shape index (κ1) is 40.6. The molecular weight excluding hydrogens is 825 g/mol. The second kappa shape index (κ2) is 17.8. The normalized spacial score (nSPS) is 19.0. The topological polar surface area (TPSA) is 87.0 Å². The predicted molar refractivity (Wildman–Crippen MR) is 258 cm³/mol. The van der Waals surface area contributed by atoms with Crippen LogP contribution in [0, 0.1) is 0 Å². The summed E-state index contributed by atoms with van der Waals surface area (Å²) in [6, 6.07) is 60.6. The van der Waals surface area contributed by atoms with Gasteiger partial charge in [-0.3, -0.25) is 0 Å². The van der Waals surface area contributed by atoms with E-state index in [0.717, 1.165) is 116 Å². The van der Waals surface area contributed by atoms with Crippen molar-refractivity contribution in [3.8, 4) is 89.8 Å². The van der Waals surface area contributed by atoms with Gasteiger partial charge in [0.15, 0.2) is 0 Å². The Hall–Kier alpha value is -6.94. The number of hydrogen-bond donors (Lipinski definition) is 0. The highest BCUT2D eigenvalue weighted by molar-refractivity contribution is 6.06. The largest absolute Gasteiger partial charge is 0.491 e. The summed E-state index contributed by atoms with van der Waals surface area (Å²) in [6.07, 6.45) is 0.800. The molecule has 4 aliphatic rings. The van der Waals surface area contributed by atoms with E-state index in [1.807, 2.05) is 48.5 Å². The number of fused-ring (bicyclic) bond motifs is 1. The first-order chi connectivity index (χ1) is 32.6. The van der Waals surface area contributed by atoms with Crippen molar-refractivity contribution >= 4 is 10.8 Å². The van der Waals surface area contributed by atoms with Crippen LogP contribution in [-0.4, -0.2) is 77.3 Å². The van der Waals surface area contributed by atoms with Crippen molar-refractivity contribution in [3.05, 3.63) is 170 Å². The van der Waals surface area contributed by atoms with Gasteiger partial charge in [0.2, 0.25) is 0 Å². The first-order valence-corrected chi connectivity index (χ1v) is 22.8. The van der Waals surface area contributed by atoms with Gasteiger partial charge in [-0.25, -0.2) is 0 Å². The molecule has 4 heterocycles. The molecule has 66 heavy (non-hydrogen) atoms. The van der Waals surface area contributed by atoms with E-state index in [0.29, 0.717) is 26.4 Å². The number of ether oxygens (including phenoxy) is 8. The summed E-state index contributed by atoms with van der Waals surface area (Å²) in [6.45, 7) is 5.34. The average Bonchev–Trinajstić information content (AvgIpc) is 4.15. The van der Waals surface area contributed by atoms with Crippen LogP contribution in [-0.2, 0) is 18.9 Å². The molecule has 4 aliphatic heterocycles. The minimum Gasteiger partial charge on any atom is -0.491 e. The van der Waals surface area contributed by atoms with Gasteiger partial charge in [-0.2, -0.15) is 0 Å². The maximum absolute atomic E-state index is 6.00. The highest BCUT2D eigenvalue weighted by Crippen LogP contribution is 2.42. The summed E-state index contributed by atoms with van der Waals surface area (Å²) in [4.78, 5) is 0. The Labute approximate surface area is 384 Å². The summed E-state index contributed by atoms with van der Waals surface area (Å²) < 4.78 is 45.4. The summed E-state index contributed by atoms with van der Waals surface area (Å²) in [7, 11) is 0. The third-order valence-corrected chi connectivity index (χ3v) is 12.5. The molecular formula is C58H48O8. The molecule has 0 saturated carbocycles. The third-order valence-electron chi connectivity index (χ3n) is 12.5. The van der Waals surface area contributed by atoms with E-state index in [1.165, 1.54) is 10.8 Å². The Kier molecular flexibility index (Phi) is 10.9. The fourth-order valence-electron chi connectivity index (χ4n) is 8.42. The van der Waals surface area contributed by atoms with Crippen molar-refractivity contribution in [3.63, 3.8) is 0 Å². The number of benzene rings is 8. The molecule has 0 amide bonds. The van der Waals surface area contributed by atoms with E-state index in [-0.39, 0.29) is 24.4 Å². The lowest BCUT2D eigenvalue weighted by Crippen LogP contribution is -2.03.